The molecule has 0 fully saturated rings. The molecule has 0 aliphatic heterocycles. The van der Waals surface area contributed by atoms with Crippen molar-refractivity contribution < 1.29 is 9.72 Å². The van der Waals surface area contributed by atoms with Crippen molar-refractivity contribution in [1.29, 1.82) is 0 Å². The first-order chi connectivity index (χ1) is 9.04. The molecule has 3 N–H and O–H groups in total. The summed E-state index contributed by atoms with van der Waals surface area (Å²) >= 11 is 1.54. The number of carbonyl (C=O) groups is 1. The van der Waals surface area contributed by atoms with Crippen LogP contribution in [-0.2, 0) is 4.79 Å². The van der Waals surface area contributed by atoms with Gasteiger partial charge >= 0.3 is 0 Å². The van der Waals surface area contributed by atoms with Crippen LogP contribution in [0.25, 0.3) is 0 Å². The van der Waals surface area contributed by atoms with E-state index in [1.807, 2.05) is 6.92 Å². The summed E-state index contributed by atoms with van der Waals surface area (Å²) in [4.78, 5) is 22.1. The van der Waals surface area contributed by atoms with Crippen LogP contribution < -0.4 is 11.1 Å². The van der Waals surface area contributed by atoms with Gasteiger partial charge in [-0.15, -0.1) is 11.8 Å². The summed E-state index contributed by atoms with van der Waals surface area (Å²) in [7, 11) is 0. The van der Waals surface area contributed by atoms with E-state index >= 15 is 0 Å². The summed E-state index contributed by atoms with van der Waals surface area (Å²) in [5.74, 6) is 0.365. The molecule has 0 aromatic heterocycles. The minimum absolute atomic E-state index is 0.0759. The second-order valence-corrected chi connectivity index (χ2v) is 5.07. The smallest absolute Gasteiger partial charge is 0.269 e. The summed E-state index contributed by atoms with van der Waals surface area (Å²) in [5.41, 5.74) is 5.35. The number of thioether (sulfide) groups is 1. The van der Waals surface area contributed by atoms with Gasteiger partial charge in [0.1, 0.15) is 0 Å². The molecule has 104 valence electrons. The summed E-state index contributed by atoms with van der Waals surface area (Å²) in [5, 5.41) is 13.5. The Kier molecular flexibility index (Phi) is 6.31. The topological polar surface area (TPSA) is 98.3 Å². The van der Waals surface area contributed by atoms with Gasteiger partial charge in [0.05, 0.1) is 11.0 Å². The normalized spacial score (nSPS) is 12.1. The fourth-order valence-electron chi connectivity index (χ4n) is 1.55. The van der Waals surface area contributed by atoms with E-state index in [-0.39, 0.29) is 17.6 Å². The van der Waals surface area contributed by atoms with Gasteiger partial charge in [-0.25, -0.2) is 0 Å². The molecule has 19 heavy (non-hydrogen) atoms. The molecule has 0 aliphatic carbocycles. The molecule has 1 aromatic carbocycles. The highest BCUT2D eigenvalue weighted by atomic mass is 32.2. The summed E-state index contributed by atoms with van der Waals surface area (Å²) in [6.07, 6.45) is 0.630. The lowest BCUT2D eigenvalue weighted by molar-refractivity contribution is -0.384. The maximum atomic E-state index is 11.1. The van der Waals surface area contributed by atoms with Crippen molar-refractivity contribution in [2.75, 3.05) is 12.3 Å². The van der Waals surface area contributed by atoms with Crippen molar-refractivity contribution in [2.24, 2.45) is 5.73 Å². The lowest BCUT2D eigenvalue weighted by Gasteiger charge is -2.13. The Hall–Kier alpha value is -1.60. The number of hydrogen-bond donors (Lipinski definition) is 2. The Balaban J connectivity index is 2.43. The van der Waals surface area contributed by atoms with E-state index in [4.69, 9.17) is 5.73 Å². The molecular formula is C12H17N3O3S. The zero-order valence-electron chi connectivity index (χ0n) is 10.7. The van der Waals surface area contributed by atoms with Crippen LogP contribution in [0.5, 0.6) is 0 Å². The van der Waals surface area contributed by atoms with E-state index in [2.05, 4.69) is 5.32 Å². The Morgan fingerprint density at radius 3 is 2.58 bits per heavy atom. The fourth-order valence-corrected chi connectivity index (χ4v) is 2.47. The number of carbonyl (C=O) groups excluding carboxylic acids is 1. The Morgan fingerprint density at radius 2 is 2.11 bits per heavy atom. The largest absolute Gasteiger partial charge is 0.368 e. The molecular weight excluding hydrogens is 266 g/mol. The first-order valence-electron chi connectivity index (χ1n) is 5.94. The van der Waals surface area contributed by atoms with Crippen molar-refractivity contribution in [1.82, 2.24) is 5.32 Å². The second kappa shape index (κ2) is 7.75. The molecule has 0 saturated carbocycles. The number of nitrogens with one attached hydrogen (secondary N) is 1. The highest BCUT2D eigenvalue weighted by Crippen LogP contribution is 2.22. The van der Waals surface area contributed by atoms with E-state index in [1.165, 1.54) is 12.1 Å². The number of nitro benzene ring substituents is 1. The van der Waals surface area contributed by atoms with Crippen LogP contribution in [-0.4, -0.2) is 29.2 Å². The number of amides is 1. The van der Waals surface area contributed by atoms with Crippen LogP contribution in [0.1, 0.15) is 13.3 Å². The van der Waals surface area contributed by atoms with Gasteiger partial charge in [0.25, 0.3) is 5.69 Å². The lowest BCUT2D eigenvalue weighted by Crippen LogP contribution is -2.41. The minimum Gasteiger partial charge on any atom is -0.368 e. The predicted octanol–water partition coefficient (Wildman–Crippen LogP) is 1.54. The van der Waals surface area contributed by atoms with Gasteiger partial charge in [-0.1, -0.05) is 6.92 Å². The molecule has 6 nitrogen and oxygen atoms in total. The average molecular weight is 283 g/mol. The third kappa shape index (κ3) is 5.27. The molecule has 1 rings (SSSR count). The molecule has 1 unspecified atom stereocenters. The Morgan fingerprint density at radius 1 is 1.47 bits per heavy atom. The predicted molar refractivity (Wildman–Crippen MR) is 75.1 cm³/mol. The van der Waals surface area contributed by atoms with Gasteiger partial charge in [0.15, 0.2) is 0 Å². The number of nitro groups is 1. The van der Waals surface area contributed by atoms with Crippen molar-refractivity contribution in [3.63, 3.8) is 0 Å². The lowest BCUT2D eigenvalue weighted by atomic mass is 10.2. The number of benzene rings is 1. The quantitative estimate of drug-likeness (QED) is 0.428. The Bertz CT molecular complexity index is 436. The van der Waals surface area contributed by atoms with E-state index < -0.39 is 4.92 Å². The number of nitrogens with two attached hydrogens (primary N) is 1. The molecule has 0 radical (unpaired) electrons. The number of primary amides is 1. The molecule has 0 aliphatic rings. The van der Waals surface area contributed by atoms with Crippen LogP contribution in [0.3, 0.4) is 0 Å². The highest BCUT2D eigenvalue weighted by molar-refractivity contribution is 7.99. The summed E-state index contributed by atoms with van der Waals surface area (Å²) in [6, 6.07) is 6.02. The van der Waals surface area contributed by atoms with Gasteiger partial charge in [-0.3, -0.25) is 14.9 Å². The van der Waals surface area contributed by atoms with Gasteiger partial charge in [-0.2, -0.15) is 0 Å². The van der Waals surface area contributed by atoms with Crippen LogP contribution in [0.15, 0.2) is 29.2 Å². The first kappa shape index (κ1) is 15.5. The van der Waals surface area contributed by atoms with Gasteiger partial charge in [0, 0.05) is 17.0 Å². The van der Waals surface area contributed by atoms with Gasteiger partial charge < -0.3 is 11.1 Å². The zero-order valence-corrected chi connectivity index (χ0v) is 11.5. The zero-order chi connectivity index (χ0) is 14.3. The Labute approximate surface area is 115 Å². The van der Waals surface area contributed by atoms with Crippen LogP contribution in [0.2, 0.25) is 0 Å². The van der Waals surface area contributed by atoms with Crippen molar-refractivity contribution in [3.05, 3.63) is 34.4 Å². The summed E-state index contributed by atoms with van der Waals surface area (Å²) in [6.45, 7) is 2.61. The van der Waals surface area contributed by atoms with Crippen LogP contribution >= 0.6 is 11.8 Å². The molecule has 0 saturated heterocycles. The van der Waals surface area contributed by atoms with Crippen molar-refractivity contribution >= 4 is 23.4 Å². The van der Waals surface area contributed by atoms with Crippen molar-refractivity contribution in [2.45, 2.75) is 24.3 Å². The maximum Gasteiger partial charge on any atom is 0.269 e. The van der Waals surface area contributed by atoms with Gasteiger partial charge in [-0.05, 0) is 30.9 Å². The molecule has 0 heterocycles. The molecule has 1 amide bonds. The molecule has 1 atom stereocenters. The number of hydrogen-bond acceptors (Lipinski definition) is 5. The molecule has 1 aromatic rings. The molecule has 7 heteroatoms. The third-order valence-corrected chi connectivity index (χ3v) is 3.56. The van der Waals surface area contributed by atoms with Crippen LogP contribution in [0.4, 0.5) is 5.69 Å². The standard InChI is InChI=1S/C12H17N3O3S/c1-2-14-11(12(13)16)7-8-19-10-5-3-9(4-6-10)15(17)18/h3-6,11,14H,2,7-8H2,1H3,(H2,13,16). The maximum absolute atomic E-state index is 11.1. The summed E-state index contributed by atoms with van der Waals surface area (Å²) < 4.78 is 0. The SMILES string of the molecule is CCNC(CCSc1ccc([N+](=O)[O-])cc1)C(N)=O. The van der Waals surface area contributed by atoms with E-state index in [0.717, 1.165) is 10.6 Å². The average Bonchev–Trinajstić information content (AvgIpc) is 2.38. The number of likely N-dealkylation sites (N-methyl/N-ethyl adjacent to an activating group) is 1. The third-order valence-electron chi connectivity index (χ3n) is 2.52. The van der Waals surface area contributed by atoms with E-state index in [0.29, 0.717) is 13.0 Å². The monoisotopic (exact) mass is 283 g/mol. The van der Waals surface area contributed by atoms with E-state index in [1.54, 1.807) is 23.9 Å². The van der Waals surface area contributed by atoms with Crippen LogP contribution in [0, 0.1) is 10.1 Å². The van der Waals surface area contributed by atoms with E-state index in [9.17, 15) is 14.9 Å². The minimum atomic E-state index is -0.428. The number of rotatable bonds is 8. The number of nitrogens with zero attached hydrogens (tertiary/aromatic N) is 1. The number of non-ortho nitro benzene ring substituents is 1. The second-order valence-electron chi connectivity index (χ2n) is 3.90. The van der Waals surface area contributed by atoms with Gasteiger partial charge in [0.2, 0.25) is 5.91 Å². The fraction of sp³-hybridized carbons (Fsp3) is 0.417. The molecule has 0 spiro atoms. The first-order valence-corrected chi connectivity index (χ1v) is 6.93. The molecule has 0 bridgehead atoms. The highest BCUT2D eigenvalue weighted by Gasteiger charge is 2.13. The van der Waals surface area contributed by atoms with Crippen molar-refractivity contribution in [3.8, 4) is 0 Å².